The molecule has 0 unspecified atom stereocenters. The maximum absolute atomic E-state index is 14.1. The number of carbonyl (C=O) groups is 1. The number of nitriles is 1. The number of halogens is 1. The summed E-state index contributed by atoms with van der Waals surface area (Å²) in [6.45, 7) is 3.28. The van der Waals surface area contributed by atoms with Crippen LogP contribution in [-0.2, 0) is 0 Å². The predicted molar refractivity (Wildman–Crippen MR) is 138 cm³/mol. The van der Waals surface area contributed by atoms with Crippen molar-refractivity contribution in [1.29, 1.82) is 5.26 Å². The van der Waals surface area contributed by atoms with Gasteiger partial charge in [0, 0.05) is 49.9 Å². The molecule has 1 aliphatic heterocycles. The molecule has 37 heavy (non-hydrogen) atoms. The minimum absolute atomic E-state index is 0.125. The lowest BCUT2D eigenvalue weighted by molar-refractivity contribution is 0.0946. The molecule has 3 aliphatic rings. The number of carbonyl (C=O) groups excluding carboxylic acids is 1. The summed E-state index contributed by atoms with van der Waals surface area (Å²) in [6, 6.07) is 13.1. The first kappa shape index (κ1) is 23.6. The number of pyridine rings is 2. The van der Waals surface area contributed by atoms with Crippen LogP contribution in [-0.4, -0.2) is 59.0 Å². The zero-order valence-electron chi connectivity index (χ0n) is 20.5. The van der Waals surface area contributed by atoms with Crippen molar-refractivity contribution >= 4 is 22.4 Å². The Morgan fingerprint density at radius 3 is 2.68 bits per heavy atom. The Morgan fingerprint density at radius 2 is 1.92 bits per heavy atom. The fourth-order valence-corrected chi connectivity index (χ4v) is 5.82. The fraction of sp³-hybridized carbons (Fsp3) is 0.429. The predicted octanol–water partition coefficient (Wildman–Crippen LogP) is 3.28. The van der Waals surface area contributed by atoms with Gasteiger partial charge in [-0.25, -0.2) is 9.37 Å². The molecule has 1 aromatic carbocycles. The van der Waals surface area contributed by atoms with E-state index in [2.05, 4.69) is 31.2 Å². The third kappa shape index (κ3) is 4.69. The monoisotopic (exact) mass is 500 g/mol. The van der Waals surface area contributed by atoms with Gasteiger partial charge in [-0.15, -0.1) is 0 Å². The number of hydrogen-bond acceptors (Lipinski definition) is 6. The van der Waals surface area contributed by atoms with Crippen molar-refractivity contribution < 1.29 is 9.18 Å². The number of fused-ring (bicyclic) bond motifs is 1. The van der Waals surface area contributed by atoms with Crippen LogP contribution in [0.5, 0.6) is 0 Å². The van der Waals surface area contributed by atoms with Crippen LogP contribution in [0.1, 0.15) is 59.9 Å². The number of nitrogens with one attached hydrogen (secondary N) is 2. The van der Waals surface area contributed by atoms with Crippen molar-refractivity contribution in [3.8, 4) is 6.07 Å². The molecule has 1 saturated heterocycles. The minimum Gasteiger partial charge on any atom is -0.367 e. The lowest BCUT2D eigenvalue weighted by atomic mass is 10.00. The smallest absolute Gasteiger partial charge is 0.270 e. The molecule has 2 atom stereocenters. The van der Waals surface area contributed by atoms with E-state index in [-0.39, 0.29) is 40.2 Å². The van der Waals surface area contributed by atoms with Gasteiger partial charge in [-0.2, -0.15) is 5.26 Å². The van der Waals surface area contributed by atoms with E-state index in [1.54, 1.807) is 18.2 Å². The average Bonchev–Trinajstić information content (AvgIpc) is 3.59. The third-order valence-electron chi connectivity index (χ3n) is 7.98. The minimum atomic E-state index is -0.488. The van der Waals surface area contributed by atoms with Crippen LogP contribution in [0, 0.1) is 17.1 Å². The van der Waals surface area contributed by atoms with Gasteiger partial charge < -0.3 is 15.2 Å². The summed E-state index contributed by atoms with van der Waals surface area (Å²) in [5, 5.41) is 13.4. The molecule has 2 N–H and O–H groups in total. The number of rotatable bonds is 5. The van der Waals surface area contributed by atoms with Gasteiger partial charge >= 0.3 is 0 Å². The van der Waals surface area contributed by atoms with Gasteiger partial charge in [0.25, 0.3) is 11.5 Å². The first-order valence-corrected chi connectivity index (χ1v) is 13.0. The first-order chi connectivity index (χ1) is 18.0. The molecular weight excluding hydrogens is 471 g/mol. The Hall–Kier alpha value is -3.77. The van der Waals surface area contributed by atoms with E-state index >= 15 is 0 Å². The highest BCUT2D eigenvalue weighted by molar-refractivity contribution is 5.93. The van der Waals surface area contributed by atoms with E-state index in [0.29, 0.717) is 11.4 Å². The van der Waals surface area contributed by atoms with Crippen molar-refractivity contribution in [2.75, 3.05) is 31.1 Å². The Bertz CT molecular complexity index is 1450. The maximum Gasteiger partial charge on any atom is 0.270 e. The van der Waals surface area contributed by atoms with Crippen LogP contribution in [0.4, 0.5) is 10.1 Å². The SMILES string of the molecule is N#Cc1nc(C(=O)NC2CC2)ccc1N1CCN([C@H]2CC[C@@H](c3cc4cccc(F)c4c(=O)[nH]3)C2)CC1. The Morgan fingerprint density at radius 1 is 1.11 bits per heavy atom. The fourth-order valence-electron chi connectivity index (χ4n) is 5.82. The topological polar surface area (TPSA) is 105 Å². The largest absolute Gasteiger partial charge is 0.367 e. The Kier molecular flexibility index (Phi) is 6.13. The third-order valence-corrected chi connectivity index (χ3v) is 7.98. The van der Waals surface area contributed by atoms with E-state index in [1.807, 2.05) is 12.1 Å². The second-order valence-electron chi connectivity index (χ2n) is 10.4. The summed E-state index contributed by atoms with van der Waals surface area (Å²) < 4.78 is 14.1. The Balaban J connectivity index is 1.10. The molecule has 2 saturated carbocycles. The summed E-state index contributed by atoms with van der Waals surface area (Å²) in [5.41, 5.74) is 1.88. The van der Waals surface area contributed by atoms with Crippen LogP contribution in [0.15, 0.2) is 41.2 Å². The van der Waals surface area contributed by atoms with Crippen LogP contribution in [0.25, 0.3) is 10.8 Å². The molecule has 3 heterocycles. The van der Waals surface area contributed by atoms with E-state index in [9.17, 15) is 19.2 Å². The van der Waals surface area contributed by atoms with Crippen molar-refractivity contribution in [1.82, 2.24) is 20.2 Å². The first-order valence-electron chi connectivity index (χ1n) is 13.0. The average molecular weight is 501 g/mol. The molecule has 1 amide bonds. The molecule has 2 aromatic heterocycles. The molecule has 0 radical (unpaired) electrons. The molecule has 9 heteroatoms. The summed E-state index contributed by atoms with van der Waals surface area (Å²) in [7, 11) is 0. The van der Waals surface area contributed by atoms with Crippen LogP contribution in [0.3, 0.4) is 0 Å². The van der Waals surface area contributed by atoms with Crippen molar-refractivity contribution in [2.24, 2.45) is 0 Å². The highest BCUT2D eigenvalue weighted by Gasteiger charge is 2.33. The van der Waals surface area contributed by atoms with Gasteiger partial charge in [-0.3, -0.25) is 14.5 Å². The highest BCUT2D eigenvalue weighted by Crippen LogP contribution is 2.37. The number of piperazine rings is 1. The van der Waals surface area contributed by atoms with Crippen LogP contribution >= 0.6 is 0 Å². The molecule has 0 spiro atoms. The molecule has 0 bridgehead atoms. The lowest BCUT2D eigenvalue weighted by Gasteiger charge is -2.39. The lowest BCUT2D eigenvalue weighted by Crippen LogP contribution is -2.50. The molecule has 8 nitrogen and oxygen atoms in total. The second-order valence-corrected chi connectivity index (χ2v) is 10.4. The van der Waals surface area contributed by atoms with Gasteiger partial charge in [-0.05, 0) is 61.8 Å². The maximum atomic E-state index is 14.1. The Labute approximate surface area is 214 Å². The van der Waals surface area contributed by atoms with Crippen LogP contribution in [0.2, 0.25) is 0 Å². The van der Waals surface area contributed by atoms with Gasteiger partial charge in [0.2, 0.25) is 0 Å². The number of aromatic nitrogens is 2. The van der Waals surface area contributed by atoms with E-state index < -0.39 is 5.82 Å². The second kappa shape index (κ2) is 9.60. The molecular formula is C28H29FN6O2. The molecule has 3 fully saturated rings. The van der Waals surface area contributed by atoms with Gasteiger partial charge in [0.1, 0.15) is 17.6 Å². The van der Waals surface area contributed by atoms with Gasteiger partial charge in [0.15, 0.2) is 5.69 Å². The van der Waals surface area contributed by atoms with Gasteiger partial charge in [0.05, 0.1) is 11.1 Å². The number of H-pyrrole nitrogens is 1. The standard InChI is InChI=1S/C28H29FN6O2/c29-21-3-1-2-18-15-23(33-28(37)26(18)21)17-4-7-20(14-17)34-10-12-35(13-11-34)25-9-8-22(32-24(25)16-30)27(36)31-19-5-6-19/h1-3,8-9,15,17,19-20H,4-7,10-14H2,(H,31,36)(H,33,37)/t17-,20+/m1/s1. The normalized spacial score (nSPS) is 22.2. The van der Waals surface area contributed by atoms with Gasteiger partial charge in [-0.1, -0.05) is 12.1 Å². The van der Waals surface area contributed by atoms with Crippen LogP contribution < -0.4 is 15.8 Å². The van der Waals surface area contributed by atoms with E-state index in [1.165, 1.54) is 6.07 Å². The number of anilines is 1. The number of hydrogen-bond donors (Lipinski definition) is 2. The highest BCUT2D eigenvalue weighted by atomic mass is 19.1. The zero-order chi connectivity index (χ0) is 25.5. The zero-order valence-corrected chi connectivity index (χ0v) is 20.5. The number of amides is 1. The molecule has 6 rings (SSSR count). The quantitative estimate of drug-likeness (QED) is 0.557. The number of benzene rings is 1. The molecule has 2 aliphatic carbocycles. The summed E-state index contributed by atoms with van der Waals surface area (Å²) in [6.07, 6.45) is 4.98. The van der Waals surface area contributed by atoms with Crippen molar-refractivity contribution in [3.05, 3.63) is 69.7 Å². The molecule has 3 aromatic rings. The molecule has 190 valence electrons. The number of aromatic amines is 1. The number of nitrogens with zero attached hydrogens (tertiary/aromatic N) is 4. The van der Waals surface area contributed by atoms with Crippen molar-refractivity contribution in [2.45, 2.75) is 50.1 Å². The summed E-state index contributed by atoms with van der Waals surface area (Å²) in [4.78, 5) is 36.8. The summed E-state index contributed by atoms with van der Waals surface area (Å²) in [5.74, 6) is -0.463. The van der Waals surface area contributed by atoms with E-state index in [4.69, 9.17) is 0 Å². The van der Waals surface area contributed by atoms with Crippen molar-refractivity contribution in [3.63, 3.8) is 0 Å². The summed E-state index contributed by atoms with van der Waals surface area (Å²) >= 11 is 0. The van der Waals surface area contributed by atoms with E-state index in [0.717, 1.165) is 69.7 Å².